The summed E-state index contributed by atoms with van der Waals surface area (Å²) in [6.45, 7) is 2.50. The number of methoxy groups -OCH3 is 1. The molecule has 0 aliphatic carbocycles. The van der Waals surface area contributed by atoms with Gasteiger partial charge in [-0.25, -0.2) is 13.1 Å². The third-order valence-electron chi connectivity index (χ3n) is 2.55. The van der Waals surface area contributed by atoms with Crippen LogP contribution >= 0.6 is 0 Å². The first-order valence-electron chi connectivity index (χ1n) is 6.18. The summed E-state index contributed by atoms with van der Waals surface area (Å²) in [5.41, 5.74) is 0.658. The van der Waals surface area contributed by atoms with Crippen LogP contribution in [0.1, 0.15) is 12.5 Å². The van der Waals surface area contributed by atoms with Crippen LogP contribution in [0.2, 0.25) is 0 Å². The van der Waals surface area contributed by atoms with Crippen LogP contribution in [0.4, 0.5) is 0 Å². The van der Waals surface area contributed by atoms with E-state index in [-0.39, 0.29) is 17.4 Å². The van der Waals surface area contributed by atoms with Gasteiger partial charge in [-0.2, -0.15) is 0 Å². The average molecular weight is 297 g/mol. The van der Waals surface area contributed by atoms with Gasteiger partial charge in [-0.15, -0.1) is 0 Å². The SMILES string of the molecule is COCC(C)CNS(=O)(=O)c1ccc(C#CCO)cc1. The van der Waals surface area contributed by atoms with E-state index in [1.165, 1.54) is 12.1 Å². The normalized spacial score (nSPS) is 12.6. The molecule has 5 nitrogen and oxygen atoms in total. The van der Waals surface area contributed by atoms with Crippen LogP contribution in [0.3, 0.4) is 0 Å². The van der Waals surface area contributed by atoms with Gasteiger partial charge in [0.1, 0.15) is 6.61 Å². The lowest BCUT2D eigenvalue weighted by Gasteiger charge is -2.12. The third kappa shape index (κ3) is 5.31. The van der Waals surface area contributed by atoms with Crippen molar-refractivity contribution in [1.29, 1.82) is 0 Å². The molecular weight excluding hydrogens is 278 g/mol. The Kier molecular flexibility index (Phi) is 6.68. The van der Waals surface area contributed by atoms with E-state index in [0.29, 0.717) is 18.7 Å². The Morgan fingerprint density at radius 1 is 1.35 bits per heavy atom. The Bertz CT molecular complexity index is 569. The number of nitrogens with one attached hydrogen (secondary N) is 1. The molecule has 1 aromatic carbocycles. The number of sulfonamides is 1. The lowest BCUT2D eigenvalue weighted by molar-refractivity contribution is 0.161. The lowest BCUT2D eigenvalue weighted by atomic mass is 10.2. The largest absolute Gasteiger partial charge is 0.384 e. The highest BCUT2D eigenvalue weighted by atomic mass is 32.2. The fraction of sp³-hybridized carbons (Fsp3) is 0.429. The van der Waals surface area contributed by atoms with Gasteiger partial charge in [-0.1, -0.05) is 18.8 Å². The highest BCUT2D eigenvalue weighted by Gasteiger charge is 2.14. The molecule has 1 atom stereocenters. The van der Waals surface area contributed by atoms with E-state index >= 15 is 0 Å². The van der Waals surface area contributed by atoms with Gasteiger partial charge in [0.25, 0.3) is 0 Å². The molecule has 0 spiro atoms. The van der Waals surface area contributed by atoms with E-state index in [9.17, 15) is 8.42 Å². The van der Waals surface area contributed by atoms with Crippen molar-refractivity contribution >= 4 is 10.0 Å². The molecule has 0 aliphatic rings. The fourth-order valence-corrected chi connectivity index (χ4v) is 2.70. The predicted molar refractivity (Wildman–Crippen MR) is 76.6 cm³/mol. The molecule has 1 rings (SSSR count). The van der Waals surface area contributed by atoms with Crippen LogP contribution in [-0.4, -0.2) is 40.4 Å². The minimum atomic E-state index is -3.51. The molecule has 1 aromatic rings. The van der Waals surface area contributed by atoms with Gasteiger partial charge in [-0.05, 0) is 30.2 Å². The van der Waals surface area contributed by atoms with Crippen molar-refractivity contribution in [3.63, 3.8) is 0 Å². The summed E-state index contributed by atoms with van der Waals surface area (Å²) in [6.07, 6.45) is 0. The smallest absolute Gasteiger partial charge is 0.240 e. The summed E-state index contributed by atoms with van der Waals surface area (Å²) < 4.78 is 31.6. The standard InChI is InChI=1S/C14H19NO4S/c1-12(11-19-2)10-15-20(17,18)14-7-5-13(6-8-14)4-3-9-16/h5-8,12,15-16H,9-11H2,1-2H3. The Labute approximate surface area is 120 Å². The number of aliphatic hydroxyl groups is 1. The molecule has 0 saturated carbocycles. The molecular formula is C14H19NO4S. The van der Waals surface area contributed by atoms with Crippen LogP contribution in [0.5, 0.6) is 0 Å². The maximum absolute atomic E-state index is 12.0. The van der Waals surface area contributed by atoms with Crippen molar-refractivity contribution < 1.29 is 18.3 Å². The zero-order valence-electron chi connectivity index (χ0n) is 11.6. The van der Waals surface area contributed by atoms with Crippen LogP contribution in [0, 0.1) is 17.8 Å². The molecule has 0 amide bonds. The van der Waals surface area contributed by atoms with Gasteiger partial charge in [0, 0.05) is 25.8 Å². The van der Waals surface area contributed by atoms with Crippen molar-refractivity contribution in [2.75, 3.05) is 26.9 Å². The molecule has 0 heterocycles. The number of benzene rings is 1. The Balaban J connectivity index is 2.72. The van der Waals surface area contributed by atoms with Gasteiger partial charge >= 0.3 is 0 Å². The van der Waals surface area contributed by atoms with Crippen molar-refractivity contribution in [1.82, 2.24) is 4.72 Å². The van der Waals surface area contributed by atoms with Crippen molar-refractivity contribution in [3.05, 3.63) is 29.8 Å². The van der Waals surface area contributed by atoms with Crippen LogP contribution < -0.4 is 4.72 Å². The first-order valence-corrected chi connectivity index (χ1v) is 7.66. The first kappa shape index (κ1) is 16.7. The molecule has 110 valence electrons. The Hall–Kier alpha value is -1.39. The predicted octanol–water partition coefficient (Wildman–Crippen LogP) is 0.591. The molecule has 1 unspecified atom stereocenters. The van der Waals surface area contributed by atoms with Crippen molar-refractivity contribution in [2.24, 2.45) is 5.92 Å². The molecule has 20 heavy (non-hydrogen) atoms. The number of ether oxygens (including phenoxy) is 1. The summed E-state index contributed by atoms with van der Waals surface area (Å²) in [5.74, 6) is 5.31. The summed E-state index contributed by atoms with van der Waals surface area (Å²) in [7, 11) is -1.93. The minimum Gasteiger partial charge on any atom is -0.384 e. The third-order valence-corrected chi connectivity index (χ3v) is 3.99. The second kappa shape index (κ2) is 8.02. The number of rotatable bonds is 6. The molecule has 6 heteroatoms. The molecule has 0 fully saturated rings. The fourth-order valence-electron chi connectivity index (χ4n) is 1.54. The Morgan fingerprint density at radius 3 is 2.55 bits per heavy atom. The maximum Gasteiger partial charge on any atom is 0.240 e. The molecule has 0 bridgehead atoms. The van der Waals surface area contributed by atoms with Gasteiger partial charge < -0.3 is 9.84 Å². The summed E-state index contributed by atoms with van der Waals surface area (Å²) >= 11 is 0. The van der Waals surface area contributed by atoms with Crippen LogP contribution in [-0.2, 0) is 14.8 Å². The van der Waals surface area contributed by atoms with Crippen molar-refractivity contribution in [3.8, 4) is 11.8 Å². The van der Waals surface area contributed by atoms with E-state index in [1.54, 1.807) is 19.2 Å². The molecule has 0 radical (unpaired) electrons. The van der Waals surface area contributed by atoms with Gasteiger partial charge in [0.05, 0.1) is 4.90 Å². The quantitative estimate of drug-likeness (QED) is 0.754. The summed E-state index contributed by atoms with van der Waals surface area (Å²) in [4.78, 5) is 0.191. The second-order valence-corrected chi connectivity index (χ2v) is 6.16. The number of hydrogen-bond acceptors (Lipinski definition) is 4. The first-order chi connectivity index (χ1) is 9.49. The van der Waals surface area contributed by atoms with Gasteiger partial charge in [-0.3, -0.25) is 0 Å². The molecule has 0 aliphatic heterocycles. The lowest BCUT2D eigenvalue weighted by Crippen LogP contribution is -2.30. The Morgan fingerprint density at radius 2 is 2.00 bits per heavy atom. The molecule has 2 N–H and O–H groups in total. The zero-order valence-corrected chi connectivity index (χ0v) is 12.4. The maximum atomic E-state index is 12.0. The van der Waals surface area contributed by atoms with Gasteiger partial charge in [0.2, 0.25) is 10.0 Å². The van der Waals surface area contributed by atoms with E-state index in [1.807, 2.05) is 6.92 Å². The van der Waals surface area contributed by atoms with E-state index in [4.69, 9.17) is 9.84 Å². The topological polar surface area (TPSA) is 75.6 Å². The summed E-state index contributed by atoms with van der Waals surface area (Å²) in [5, 5.41) is 8.59. The van der Waals surface area contributed by atoms with Crippen LogP contribution in [0.25, 0.3) is 0 Å². The molecule has 0 saturated heterocycles. The molecule has 0 aromatic heterocycles. The highest BCUT2D eigenvalue weighted by molar-refractivity contribution is 7.89. The minimum absolute atomic E-state index is 0.101. The number of aliphatic hydroxyl groups excluding tert-OH is 1. The van der Waals surface area contributed by atoms with E-state index in [2.05, 4.69) is 16.6 Å². The van der Waals surface area contributed by atoms with E-state index < -0.39 is 10.0 Å². The zero-order chi connectivity index (χ0) is 15.0. The highest BCUT2D eigenvalue weighted by Crippen LogP contribution is 2.10. The number of hydrogen-bond donors (Lipinski definition) is 2. The van der Waals surface area contributed by atoms with E-state index in [0.717, 1.165) is 0 Å². The van der Waals surface area contributed by atoms with Crippen LogP contribution in [0.15, 0.2) is 29.2 Å². The second-order valence-electron chi connectivity index (χ2n) is 4.40. The van der Waals surface area contributed by atoms with Gasteiger partial charge in [0.15, 0.2) is 0 Å². The average Bonchev–Trinajstić information content (AvgIpc) is 2.44. The summed E-state index contributed by atoms with van der Waals surface area (Å²) in [6, 6.07) is 6.20. The van der Waals surface area contributed by atoms with Crippen molar-refractivity contribution in [2.45, 2.75) is 11.8 Å². The monoisotopic (exact) mass is 297 g/mol.